The number of nitrogens with one attached hydrogen (secondary N) is 1. The zero-order chi connectivity index (χ0) is 12.8. The van der Waals surface area contributed by atoms with Crippen molar-refractivity contribution in [2.24, 2.45) is 11.7 Å². The first kappa shape index (κ1) is 13.0. The Morgan fingerprint density at radius 3 is 3.28 bits per heavy atom. The van der Waals surface area contributed by atoms with Crippen LogP contribution in [0.15, 0.2) is 10.9 Å². The Labute approximate surface area is 106 Å². The molecule has 1 aromatic heterocycles. The molecule has 1 aliphatic heterocycles. The summed E-state index contributed by atoms with van der Waals surface area (Å²) in [5.74, 6) is 0.724. The van der Waals surface area contributed by atoms with Gasteiger partial charge in [0, 0.05) is 19.6 Å². The Kier molecular flexibility index (Phi) is 4.66. The first-order valence-electron chi connectivity index (χ1n) is 6.25. The van der Waals surface area contributed by atoms with Crippen molar-refractivity contribution in [3.8, 4) is 0 Å². The normalized spacial score (nSPS) is 20.8. The van der Waals surface area contributed by atoms with Crippen LogP contribution in [-0.2, 0) is 11.3 Å². The van der Waals surface area contributed by atoms with Gasteiger partial charge >= 0.3 is 0 Å². The average Bonchev–Trinajstić information content (AvgIpc) is 2.89. The van der Waals surface area contributed by atoms with Gasteiger partial charge in [-0.15, -0.1) is 0 Å². The molecule has 0 spiro atoms. The minimum absolute atomic E-state index is 0.0354. The van der Waals surface area contributed by atoms with Crippen molar-refractivity contribution in [1.82, 2.24) is 20.4 Å². The highest BCUT2D eigenvalue weighted by molar-refractivity contribution is 5.78. The van der Waals surface area contributed by atoms with Gasteiger partial charge in [0.1, 0.15) is 0 Å². The SMILES string of the molecule is NCCNC(=O)C1CCCN(Cc2ncno2)C1. The van der Waals surface area contributed by atoms with E-state index >= 15 is 0 Å². The van der Waals surface area contributed by atoms with E-state index in [2.05, 4.69) is 20.4 Å². The highest BCUT2D eigenvalue weighted by Crippen LogP contribution is 2.18. The van der Waals surface area contributed by atoms with Crippen molar-refractivity contribution in [3.63, 3.8) is 0 Å². The summed E-state index contributed by atoms with van der Waals surface area (Å²) in [6.07, 6.45) is 3.33. The van der Waals surface area contributed by atoms with Crippen LogP contribution in [0.2, 0.25) is 0 Å². The van der Waals surface area contributed by atoms with Crippen molar-refractivity contribution in [3.05, 3.63) is 12.2 Å². The fraction of sp³-hybridized carbons (Fsp3) is 0.727. The van der Waals surface area contributed by atoms with E-state index in [4.69, 9.17) is 10.3 Å². The number of piperidine rings is 1. The third kappa shape index (κ3) is 3.51. The van der Waals surface area contributed by atoms with Gasteiger partial charge in [0.2, 0.25) is 11.8 Å². The topological polar surface area (TPSA) is 97.3 Å². The second-order valence-electron chi connectivity index (χ2n) is 4.49. The predicted octanol–water partition coefficient (Wildman–Crippen LogP) is -0.643. The average molecular weight is 253 g/mol. The molecule has 1 atom stereocenters. The summed E-state index contributed by atoms with van der Waals surface area (Å²) in [5, 5.41) is 6.42. The third-order valence-electron chi connectivity index (χ3n) is 3.09. The zero-order valence-corrected chi connectivity index (χ0v) is 10.3. The second kappa shape index (κ2) is 6.46. The predicted molar refractivity (Wildman–Crippen MR) is 64.4 cm³/mol. The summed E-state index contributed by atoms with van der Waals surface area (Å²) >= 11 is 0. The fourth-order valence-electron chi connectivity index (χ4n) is 2.21. The number of aromatic nitrogens is 2. The molecule has 0 radical (unpaired) electrons. The largest absolute Gasteiger partial charge is 0.355 e. The number of amides is 1. The lowest BCUT2D eigenvalue weighted by Crippen LogP contribution is -2.43. The first-order valence-corrected chi connectivity index (χ1v) is 6.25. The monoisotopic (exact) mass is 253 g/mol. The number of nitrogens with zero attached hydrogens (tertiary/aromatic N) is 3. The van der Waals surface area contributed by atoms with E-state index in [0.29, 0.717) is 25.5 Å². The number of hydrogen-bond acceptors (Lipinski definition) is 6. The number of rotatable bonds is 5. The Morgan fingerprint density at radius 1 is 1.67 bits per heavy atom. The molecule has 0 aromatic carbocycles. The molecule has 7 heteroatoms. The molecule has 1 saturated heterocycles. The lowest BCUT2D eigenvalue weighted by molar-refractivity contribution is -0.126. The van der Waals surface area contributed by atoms with Gasteiger partial charge < -0.3 is 15.6 Å². The standard InChI is InChI=1S/C11H19N5O2/c12-3-4-13-11(17)9-2-1-5-16(6-9)7-10-14-8-15-18-10/h8-9H,1-7,12H2,(H,13,17). The van der Waals surface area contributed by atoms with Crippen LogP contribution in [0.4, 0.5) is 0 Å². The highest BCUT2D eigenvalue weighted by atomic mass is 16.5. The number of nitrogens with two attached hydrogens (primary N) is 1. The molecule has 1 aliphatic rings. The van der Waals surface area contributed by atoms with Crippen molar-refractivity contribution in [2.45, 2.75) is 19.4 Å². The van der Waals surface area contributed by atoms with Crippen molar-refractivity contribution in [2.75, 3.05) is 26.2 Å². The molecule has 100 valence electrons. The molecule has 2 heterocycles. The van der Waals surface area contributed by atoms with Gasteiger partial charge in [-0.25, -0.2) is 0 Å². The Hall–Kier alpha value is -1.47. The first-order chi connectivity index (χ1) is 8.79. The van der Waals surface area contributed by atoms with Crippen LogP contribution >= 0.6 is 0 Å². The maximum atomic E-state index is 11.9. The van der Waals surface area contributed by atoms with Crippen LogP contribution in [0, 0.1) is 5.92 Å². The molecule has 1 unspecified atom stereocenters. The summed E-state index contributed by atoms with van der Waals surface area (Å²) in [5.41, 5.74) is 5.37. The van der Waals surface area contributed by atoms with Gasteiger partial charge in [0.15, 0.2) is 6.33 Å². The maximum Gasteiger partial charge on any atom is 0.240 e. The summed E-state index contributed by atoms with van der Waals surface area (Å²) in [4.78, 5) is 18.0. The lowest BCUT2D eigenvalue weighted by Gasteiger charge is -2.30. The second-order valence-corrected chi connectivity index (χ2v) is 4.49. The van der Waals surface area contributed by atoms with E-state index in [1.165, 1.54) is 6.33 Å². The van der Waals surface area contributed by atoms with Gasteiger partial charge in [0.05, 0.1) is 12.5 Å². The minimum atomic E-state index is 0.0354. The fourth-order valence-corrected chi connectivity index (χ4v) is 2.21. The number of carbonyl (C=O) groups excluding carboxylic acids is 1. The third-order valence-corrected chi connectivity index (χ3v) is 3.09. The molecule has 3 N–H and O–H groups in total. The van der Waals surface area contributed by atoms with E-state index in [0.717, 1.165) is 25.9 Å². The highest BCUT2D eigenvalue weighted by Gasteiger charge is 2.26. The van der Waals surface area contributed by atoms with Crippen molar-refractivity contribution >= 4 is 5.91 Å². The molecule has 0 aliphatic carbocycles. The molecule has 1 aromatic rings. The summed E-state index contributed by atoms with van der Waals surface area (Å²) in [6, 6.07) is 0. The Morgan fingerprint density at radius 2 is 2.56 bits per heavy atom. The van der Waals surface area contributed by atoms with Crippen LogP contribution in [0.25, 0.3) is 0 Å². The van der Waals surface area contributed by atoms with Crippen LogP contribution < -0.4 is 11.1 Å². The van der Waals surface area contributed by atoms with Gasteiger partial charge in [-0.2, -0.15) is 4.98 Å². The molecule has 1 amide bonds. The summed E-state index contributed by atoms with van der Waals surface area (Å²) < 4.78 is 4.98. The molecule has 7 nitrogen and oxygen atoms in total. The van der Waals surface area contributed by atoms with E-state index < -0.39 is 0 Å². The molecule has 2 rings (SSSR count). The molecular weight excluding hydrogens is 234 g/mol. The summed E-state index contributed by atoms with van der Waals surface area (Å²) in [7, 11) is 0. The van der Waals surface area contributed by atoms with Crippen LogP contribution in [0.5, 0.6) is 0 Å². The number of carbonyl (C=O) groups is 1. The molecule has 0 saturated carbocycles. The number of hydrogen-bond donors (Lipinski definition) is 2. The van der Waals surface area contributed by atoms with E-state index in [-0.39, 0.29) is 11.8 Å². The van der Waals surface area contributed by atoms with Crippen LogP contribution in [0.3, 0.4) is 0 Å². The Balaban J connectivity index is 1.82. The minimum Gasteiger partial charge on any atom is -0.355 e. The van der Waals surface area contributed by atoms with Gasteiger partial charge in [-0.05, 0) is 19.4 Å². The van der Waals surface area contributed by atoms with Crippen LogP contribution in [-0.4, -0.2) is 47.1 Å². The maximum absolute atomic E-state index is 11.9. The van der Waals surface area contributed by atoms with E-state index in [9.17, 15) is 4.79 Å². The van der Waals surface area contributed by atoms with Gasteiger partial charge in [0.25, 0.3) is 0 Å². The Bertz CT molecular complexity index is 368. The molecular formula is C11H19N5O2. The lowest BCUT2D eigenvalue weighted by atomic mass is 9.97. The van der Waals surface area contributed by atoms with Crippen LogP contribution in [0.1, 0.15) is 18.7 Å². The zero-order valence-electron chi connectivity index (χ0n) is 10.3. The van der Waals surface area contributed by atoms with Gasteiger partial charge in [-0.1, -0.05) is 5.16 Å². The quantitative estimate of drug-likeness (QED) is 0.724. The molecule has 1 fully saturated rings. The molecule has 0 bridgehead atoms. The van der Waals surface area contributed by atoms with E-state index in [1.807, 2.05) is 0 Å². The van der Waals surface area contributed by atoms with Crippen molar-refractivity contribution < 1.29 is 9.32 Å². The van der Waals surface area contributed by atoms with Crippen molar-refractivity contribution in [1.29, 1.82) is 0 Å². The van der Waals surface area contributed by atoms with Gasteiger partial charge in [-0.3, -0.25) is 9.69 Å². The smallest absolute Gasteiger partial charge is 0.240 e. The summed E-state index contributed by atoms with van der Waals surface area (Å²) in [6.45, 7) is 3.33. The number of likely N-dealkylation sites (tertiary alicyclic amines) is 1. The molecule has 18 heavy (non-hydrogen) atoms. The van der Waals surface area contributed by atoms with E-state index in [1.54, 1.807) is 0 Å².